The van der Waals surface area contributed by atoms with Crippen LogP contribution in [0.15, 0.2) is 24.3 Å². The van der Waals surface area contributed by atoms with Gasteiger partial charge in [-0.15, -0.1) is 0 Å². The molecule has 0 spiro atoms. The molecule has 1 aliphatic rings. The average molecular weight is 243 g/mol. The lowest BCUT2D eigenvalue weighted by molar-refractivity contribution is -0.137. The molecule has 0 heterocycles. The predicted molar refractivity (Wildman–Crippen MR) is 60.6 cm³/mol. The second kappa shape index (κ2) is 4.02. The Morgan fingerprint density at radius 2 is 1.71 bits per heavy atom. The highest BCUT2D eigenvalue weighted by molar-refractivity contribution is 5.29. The zero-order chi connectivity index (χ0) is 12.7. The number of alkyl halides is 3. The van der Waals surface area contributed by atoms with Crippen molar-refractivity contribution in [3.63, 3.8) is 0 Å². The molecule has 17 heavy (non-hydrogen) atoms. The van der Waals surface area contributed by atoms with Gasteiger partial charge in [-0.1, -0.05) is 19.1 Å². The Labute approximate surface area is 98.8 Å². The SMILES string of the molecule is CC(c1ccc(C(F)(F)F)cc1)C1(N)CCC1. The van der Waals surface area contributed by atoms with Gasteiger partial charge < -0.3 is 5.73 Å². The van der Waals surface area contributed by atoms with E-state index < -0.39 is 11.7 Å². The molecule has 1 unspecified atom stereocenters. The van der Waals surface area contributed by atoms with Gasteiger partial charge in [-0.05, 0) is 42.9 Å². The van der Waals surface area contributed by atoms with E-state index in [2.05, 4.69) is 0 Å². The van der Waals surface area contributed by atoms with Gasteiger partial charge in [-0.2, -0.15) is 13.2 Å². The lowest BCUT2D eigenvalue weighted by Gasteiger charge is -2.43. The molecule has 1 fully saturated rings. The second-order valence-corrected chi connectivity index (χ2v) is 4.93. The molecule has 0 aromatic heterocycles. The van der Waals surface area contributed by atoms with Crippen LogP contribution in [0.4, 0.5) is 13.2 Å². The first-order valence-corrected chi connectivity index (χ1v) is 5.79. The van der Waals surface area contributed by atoms with E-state index in [1.54, 1.807) is 12.1 Å². The van der Waals surface area contributed by atoms with Crippen molar-refractivity contribution in [1.29, 1.82) is 0 Å². The summed E-state index contributed by atoms with van der Waals surface area (Å²) >= 11 is 0. The van der Waals surface area contributed by atoms with Crippen molar-refractivity contribution in [1.82, 2.24) is 0 Å². The number of hydrogen-bond acceptors (Lipinski definition) is 1. The Morgan fingerprint density at radius 3 is 2.06 bits per heavy atom. The van der Waals surface area contributed by atoms with Crippen molar-refractivity contribution < 1.29 is 13.2 Å². The molecule has 1 aromatic carbocycles. The molecule has 0 aliphatic heterocycles. The van der Waals surface area contributed by atoms with Crippen LogP contribution in [-0.4, -0.2) is 5.54 Å². The zero-order valence-electron chi connectivity index (χ0n) is 9.72. The molecular formula is C13H16F3N. The van der Waals surface area contributed by atoms with Gasteiger partial charge in [0.15, 0.2) is 0 Å². The summed E-state index contributed by atoms with van der Waals surface area (Å²) in [6, 6.07) is 5.35. The monoisotopic (exact) mass is 243 g/mol. The van der Waals surface area contributed by atoms with Gasteiger partial charge in [-0.25, -0.2) is 0 Å². The zero-order valence-corrected chi connectivity index (χ0v) is 9.72. The largest absolute Gasteiger partial charge is 0.416 e. The molecule has 4 heteroatoms. The van der Waals surface area contributed by atoms with Crippen LogP contribution in [0.25, 0.3) is 0 Å². The van der Waals surface area contributed by atoms with E-state index in [1.165, 1.54) is 0 Å². The normalized spacial score (nSPS) is 20.8. The second-order valence-electron chi connectivity index (χ2n) is 4.93. The molecule has 0 amide bonds. The van der Waals surface area contributed by atoms with Crippen LogP contribution in [0.3, 0.4) is 0 Å². The summed E-state index contributed by atoms with van der Waals surface area (Å²) in [6.07, 6.45) is -1.25. The van der Waals surface area contributed by atoms with E-state index >= 15 is 0 Å². The third kappa shape index (κ3) is 2.32. The summed E-state index contributed by atoms with van der Waals surface area (Å²) in [5.74, 6) is 0.110. The number of hydrogen-bond donors (Lipinski definition) is 1. The molecule has 2 rings (SSSR count). The van der Waals surface area contributed by atoms with Crippen LogP contribution in [0.5, 0.6) is 0 Å². The van der Waals surface area contributed by atoms with Gasteiger partial charge >= 0.3 is 6.18 Å². The molecule has 2 N–H and O–H groups in total. The van der Waals surface area contributed by atoms with Crippen LogP contribution in [0.2, 0.25) is 0 Å². The minimum atomic E-state index is -4.27. The molecule has 0 saturated heterocycles. The lowest BCUT2D eigenvalue weighted by atomic mass is 9.67. The quantitative estimate of drug-likeness (QED) is 0.842. The molecule has 1 aliphatic carbocycles. The molecule has 1 atom stereocenters. The Balaban J connectivity index is 2.18. The lowest BCUT2D eigenvalue weighted by Crippen LogP contribution is -2.50. The topological polar surface area (TPSA) is 26.0 Å². The van der Waals surface area contributed by atoms with Crippen molar-refractivity contribution in [2.45, 2.75) is 43.8 Å². The van der Waals surface area contributed by atoms with Crippen molar-refractivity contribution >= 4 is 0 Å². The van der Waals surface area contributed by atoms with Crippen molar-refractivity contribution in [3.8, 4) is 0 Å². The van der Waals surface area contributed by atoms with Gasteiger partial charge in [0.2, 0.25) is 0 Å². The number of benzene rings is 1. The first-order chi connectivity index (χ1) is 7.83. The maximum Gasteiger partial charge on any atom is 0.416 e. The standard InChI is InChI=1S/C13H16F3N/c1-9(12(17)7-2-8-12)10-3-5-11(6-4-10)13(14,15)16/h3-6,9H,2,7-8,17H2,1H3. The smallest absolute Gasteiger partial charge is 0.325 e. The van der Waals surface area contributed by atoms with E-state index in [1.807, 2.05) is 6.92 Å². The minimum Gasteiger partial charge on any atom is -0.325 e. The van der Waals surface area contributed by atoms with Crippen molar-refractivity contribution in [2.75, 3.05) is 0 Å². The van der Waals surface area contributed by atoms with E-state index in [0.29, 0.717) is 0 Å². The highest BCUT2D eigenvalue weighted by atomic mass is 19.4. The van der Waals surface area contributed by atoms with E-state index in [0.717, 1.165) is 37.0 Å². The van der Waals surface area contributed by atoms with Crippen molar-refractivity contribution in [3.05, 3.63) is 35.4 Å². The van der Waals surface area contributed by atoms with E-state index in [9.17, 15) is 13.2 Å². The van der Waals surface area contributed by atoms with Gasteiger partial charge in [0, 0.05) is 5.54 Å². The minimum absolute atomic E-state index is 0.110. The molecule has 0 radical (unpaired) electrons. The summed E-state index contributed by atoms with van der Waals surface area (Å²) in [5.41, 5.74) is 6.24. The number of halogens is 3. The van der Waals surface area contributed by atoms with Gasteiger partial charge in [0.25, 0.3) is 0 Å². The fourth-order valence-electron chi connectivity index (χ4n) is 2.31. The average Bonchev–Trinajstić information content (AvgIpc) is 2.24. The first kappa shape index (κ1) is 12.4. The van der Waals surface area contributed by atoms with Crippen LogP contribution in [0.1, 0.15) is 43.2 Å². The maximum atomic E-state index is 12.4. The third-order valence-corrected chi connectivity index (χ3v) is 3.88. The number of nitrogens with two attached hydrogens (primary N) is 1. The molecule has 94 valence electrons. The molecule has 0 bridgehead atoms. The summed E-state index contributed by atoms with van der Waals surface area (Å²) in [4.78, 5) is 0. The van der Waals surface area contributed by atoms with Crippen LogP contribution < -0.4 is 5.73 Å². The third-order valence-electron chi connectivity index (χ3n) is 3.88. The fourth-order valence-corrected chi connectivity index (χ4v) is 2.31. The summed E-state index contributed by atoms with van der Waals surface area (Å²) in [7, 11) is 0. The summed E-state index contributed by atoms with van der Waals surface area (Å²) in [6.45, 7) is 1.99. The Kier molecular flexibility index (Phi) is 2.94. The van der Waals surface area contributed by atoms with Gasteiger partial charge in [0.1, 0.15) is 0 Å². The van der Waals surface area contributed by atoms with Crippen molar-refractivity contribution in [2.24, 2.45) is 5.73 Å². The number of rotatable bonds is 2. The van der Waals surface area contributed by atoms with E-state index in [-0.39, 0.29) is 11.5 Å². The van der Waals surface area contributed by atoms with Gasteiger partial charge in [0.05, 0.1) is 5.56 Å². The molecule has 1 nitrogen and oxygen atoms in total. The van der Waals surface area contributed by atoms with Crippen LogP contribution in [0, 0.1) is 0 Å². The van der Waals surface area contributed by atoms with Crippen LogP contribution in [-0.2, 0) is 6.18 Å². The summed E-state index contributed by atoms with van der Waals surface area (Å²) in [5, 5.41) is 0. The summed E-state index contributed by atoms with van der Waals surface area (Å²) < 4.78 is 37.2. The van der Waals surface area contributed by atoms with Gasteiger partial charge in [-0.3, -0.25) is 0 Å². The first-order valence-electron chi connectivity index (χ1n) is 5.79. The molecular weight excluding hydrogens is 227 g/mol. The molecule has 1 aromatic rings. The maximum absolute atomic E-state index is 12.4. The predicted octanol–water partition coefficient (Wildman–Crippen LogP) is 3.69. The highest BCUT2D eigenvalue weighted by Gasteiger charge is 2.39. The van der Waals surface area contributed by atoms with E-state index in [4.69, 9.17) is 5.73 Å². The highest BCUT2D eigenvalue weighted by Crippen LogP contribution is 2.41. The Morgan fingerprint density at radius 1 is 1.18 bits per heavy atom. The molecule has 1 saturated carbocycles. The van der Waals surface area contributed by atoms with Crippen LogP contribution >= 0.6 is 0 Å². The Hall–Kier alpha value is -1.03. The Bertz CT molecular complexity index is 390. The fraction of sp³-hybridized carbons (Fsp3) is 0.538.